The smallest absolute Gasteiger partial charge is 0.292 e. The Labute approximate surface area is 157 Å². The van der Waals surface area contributed by atoms with Gasteiger partial charge in [-0.1, -0.05) is 55.5 Å². The molecule has 6 nitrogen and oxygen atoms in total. The molecule has 1 saturated heterocycles. The lowest BCUT2D eigenvalue weighted by Gasteiger charge is -2.30. The number of nitrogens with one attached hydrogen (secondary N) is 1. The standard InChI is InChI=1S/C21H21N3O3/c1-2-17(22-14-13-15-9-5-3-6-10-15)18-19(25)23-21(27)24(20(18)26)16-11-7-4-8-12-16/h3-12,18H,2,13-14H2,1H3,(H,23,25,27). The predicted octanol–water partition coefficient (Wildman–Crippen LogP) is 2.98. The number of para-hydroxylation sites is 1. The summed E-state index contributed by atoms with van der Waals surface area (Å²) < 4.78 is 0. The number of carbonyl (C=O) groups excluding carboxylic acids is 3. The van der Waals surface area contributed by atoms with Crippen molar-refractivity contribution >= 4 is 29.2 Å². The van der Waals surface area contributed by atoms with Gasteiger partial charge < -0.3 is 0 Å². The van der Waals surface area contributed by atoms with Crippen LogP contribution in [0.15, 0.2) is 65.7 Å². The number of barbiturate groups is 1. The number of nitrogens with zero attached hydrogens (tertiary/aromatic N) is 2. The van der Waals surface area contributed by atoms with Crippen LogP contribution in [0.1, 0.15) is 18.9 Å². The molecular weight excluding hydrogens is 342 g/mol. The maximum Gasteiger partial charge on any atom is 0.335 e. The van der Waals surface area contributed by atoms with Gasteiger partial charge in [0.2, 0.25) is 5.91 Å². The summed E-state index contributed by atoms with van der Waals surface area (Å²) in [7, 11) is 0. The van der Waals surface area contributed by atoms with E-state index in [1.165, 1.54) is 0 Å². The monoisotopic (exact) mass is 363 g/mol. The Morgan fingerprint density at radius 2 is 1.63 bits per heavy atom. The van der Waals surface area contributed by atoms with Crippen molar-refractivity contribution in [3.8, 4) is 0 Å². The third-order valence-electron chi connectivity index (χ3n) is 4.43. The molecule has 1 unspecified atom stereocenters. The number of hydrogen-bond acceptors (Lipinski definition) is 4. The van der Waals surface area contributed by atoms with Crippen molar-refractivity contribution in [2.24, 2.45) is 10.9 Å². The van der Waals surface area contributed by atoms with E-state index in [0.29, 0.717) is 30.8 Å². The maximum atomic E-state index is 12.9. The first-order valence-electron chi connectivity index (χ1n) is 8.92. The fraction of sp³-hybridized carbons (Fsp3) is 0.238. The quantitative estimate of drug-likeness (QED) is 0.633. The zero-order valence-electron chi connectivity index (χ0n) is 15.1. The molecule has 0 aliphatic carbocycles. The summed E-state index contributed by atoms with van der Waals surface area (Å²) in [5.41, 5.74) is 2.05. The van der Waals surface area contributed by atoms with Gasteiger partial charge in [0.15, 0.2) is 5.92 Å². The van der Waals surface area contributed by atoms with Crippen LogP contribution in [0.25, 0.3) is 0 Å². The predicted molar refractivity (Wildman–Crippen MR) is 104 cm³/mol. The first-order valence-corrected chi connectivity index (χ1v) is 8.92. The Kier molecular flexibility index (Phi) is 5.76. The third-order valence-corrected chi connectivity index (χ3v) is 4.43. The summed E-state index contributed by atoms with van der Waals surface area (Å²) in [5, 5.41) is 2.28. The number of aliphatic imine (C=N–C) groups is 1. The molecule has 0 bridgehead atoms. The zero-order chi connectivity index (χ0) is 19.2. The van der Waals surface area contributed by atoms with Crippen molar-refractivity contribution in [3.05, 3.63) is 66.2 Å². The van der Waals surface area contributed by atoms with Crippen LogP contribution in [-0.2, 0) is 16.0 Å². The van der Waals surface area contributed by atoms with Crippen LogP contribution in [-0.4, -0.2) is 30.1 Å². The minimum atomic E-state index is -1.08. The van der Waals surface area contributed by atoms with Crippen LogP contribution >= 0.6 is 0 Å². The van der Waals surface area contributed by atoms with Gasteiger partial charge in [0.1, 0.15) is 0 Å². The first-order chi connectivity index (χ1) is 13.1. The van der Waals surface area contributed by atoms with E-state index >= 15 is 0 Å². The summed E-state index contributed by atoms with van der Waals surface area (Å²) in [6, 6.07) is 17.7. The highest BCUT2D eigenvalue weighted by Gasteiger charge is 2.43. The molecule has 1 heterocycles. The molecule has 4 amide bonds. The summed E-state index contributed by atoms with van der Waals surface area (Å²) in [4.78, 5) is 43.0. The van der Waals surface area contributed by atoms with E-state index in [4.69, 9.17) is 0 Å². The Bertz CT molecular complexity index is 863. The number of imide groups is 2. The van der Waals surface area contributed by atoms with E-state index in [1.54, 1.807) is 30.3 Å². The lowest BCUT2D eigenvalue weighted by atomic mass is 9.96. The topological polar surface area (TPSA) is 78.8 Å². The molecule has 0 spiro atoms. The molecule has 0 saturated carbocycles. The minimum absolute atomic E-state index is 0.428. The lowest BCUT2D eigenvalue weighted by Crippen LogP contribution is -2.60. The molecule has 138 valence electrons. The summed E-state index contributed by atoms with van der Waals surface area (Å²) >= 11 is 0. The van der Waals surface area contributed by atoms with Crippen molar-refractivity contribution in [2.45, 2.75) is 19.8 Å². The molecule has 2 aromatic rings. The molecule has 1 N–H and O–H groups in total. The van der Waals surface area contributed by atoms with E-state index < -0.39 is 23.8 Å². The molecule has 27 heavy (non-hydrogen) atoms. The average molecular weight is 363 g/mol. The van der Waals surface area contributed by atoms with Gasteiger partial charge >= 0.3 is 6.03 Å². The van der Waals surface area contributed by atoms with Gasteiger partial charge in [0, 0.05) is 12.3 Å². The third kappa shape index (κ3) is 4.11. The van der Waals surface area contributed by atoms with Crippen molar-refractivity contribution in [2.75, 3.05) is 11.4 Å². The summed E-state index contributed by atoms with van der Waals surface area (Å²) in [6.07, 6.45) is 1.17. The molecule has 2 aromatic carbocycles. The highest BCUT2D eigenvalue weighted by molar-refractivity contribution is 6.35. The van der Waals surface area contributed by atoms with Gasteiger partial charge in [0.05, 0.1) is 5.69 Å². The average Bonchev–Trinajstić information content (AvgIpc) is 2.68. The minimum Gasteiger partial charge on any atom is -0.292 e. The summed E-state index contributed by atoms with van der Waals surface area (Å²) in [5.74, 6) is -2.25. The van der Waals surface area contributed by atoms with Gasteiger partial charge in [-0.05, 0) is 30.5 Å². The highest BCUT2D eigenvalue weighted by Crippen LogP contribution is 2.22. The van der Waals surface area contributed by atoms with Crippen molar-refractivity contribution in [1.29, 1.82) is 0 Å². The Morgan fingerprint density at radius 3 is 2.26 bits per heavy atom. The second-order valence-corrected chi connectivity index (χ2v) is 6.20. The lowest BCUT2D eigenvalue weighted by molar-refractivity contribution is -0.131. The number of hydrogen-bond donors (Lipinski definition) is 1. The number of rotatable bonds is 6. The Balaban J connectivity index is 1.81. The van der Waals surface area contributed by atoms with Gasteiger partial charge in [-0.25, -0.2) is 9.69 Å². The molecule has 1 atom stereocenters. The van der Waals surface area contributed by atoms with E-state index in [-0.39, 0.29) is 0 Å². The SMILES string of the molecule is CCC(=NCCc1ccccc1)C1C(=O)NC(=O)N(c2ccccc2)C1=O. The zero-order valence-corrected chi connectivity index (χ0v) is 15.1. The Hall–Kier alpha value is -3.28. The van der Waals surface area contributed by atoms with Crippen molar-refractivity contribution in [3.63, 3.8) is 0 Å². The number of benzene rings is 2. The van der Waals surface area contributed by atoms with Crippen LogP contribution in [0.4, 0.5) is 10.5 Å². The van der Waals surface area contributed by atoms with E-state index in [0.717, 1.165) is 10.5 Å². The van der Waals surface area contributed by atoms with E-state index in [1.807, 2.05) is 37.3 Å². The molecular formula is C21H21N3O3. The number of anilines is 1. The molecule has 1 aliphatic heterocycles. The Morgan fingerprint density at radius 1 is 1.00 bits per heavy atom. The second kappa shape index (κ2) is 8.40. The van der Waals surface area contributed by atoms with Gasteiger partial charge in [0.25, 0.3) is 5.91 Å². The van der Waals surface area contributed by atoms with E-state index in [2.05, 4.69) is 10.3 Å². The normalized spacial score (nSPS) is 17.8. The van der Waals surface area contributed by atoms with Crippen LogP contribution in [0.3, 0.4) is 0 Å². The largest absolute Gasteiger partial charge is 0.335 e. The van der Waals surface area contributed by atoms with E-state index in [9.17, 15) is 14.4 Å². The molecule has 1 fully saturated rings. The van der Waals surface area contributed by atoms with Crippen molar-refractivity contribution < 1.29 is 14.4 Å². The van der Waals surface area contributed by atoms with Crippen LogP contribution in [0, 0.1) is 5.92 Å². The second-order valence-electron chi connectivity index (χ2n) is 6.20. The van der Waals surface area contributed by atoms with Gasteiger partial charge in [-0.3, -0.25) is 19.9 Å². The molecule has 1 aliphatic rings. The molecule has 6 heteroatoms. The number of amides is 4. The van der Waals surface area contributed by atoms with Gasteiger partial charge in [-0.15, -0.1) is 0 Å². The molecule has 3 rings (SSSR count). The highest BCUT2D eigenvalue weighted by atomic mass is 16.2. The number of urea groups is 1. The van der Waals surface area contributed by atoms with Crippen LogP contribution in [0.2, 0.25) is 0 Å². The van der Waals surface area contributed by atoms with Crippen molar-refractivity contribution in [1.82, 2.24) is 5.32 Å². The first kappa shape index (κ1) is 18.5. The fourth-order valence-corrected chi connectivity index (χ4v) is 3.07. The molecule has 0 radical (unpaired) electrons. The number of carbonyl (C=O) groups is 3. The maximum absolute atomic E-state index is 12.9. The summed E-state index contributed by atoms with van der Waals surface area (Å²) in [6.45, 7) is 2.33. The molecule has 0 aromatic heterocycles. The van der Waals surface area contributed by atoms with Crippen LogP contribution in [0.5, 0.6) is 0 Å². The van der Waals surface area contributed by atoms with Crippen LogP contribution < -0.4 is 10.2 Å². The fourth-order valence-electron chi connectivity index (χ4n) is 3.07. The van der Waals surface area contributed by atoms with Gasteiger partial charge in [-0.2, -0.15) is 0 Å².